The molecule has 0 bridgehead atoms. The smallest absolute Gasteiger partial charge is 0.164 e. The standard InChI is InChI=1S/C63H39N5O/c1-4-16-40(17-5-1)61-64-62(41-18-6-2-7-19-41)66-63(65-61)45-20-14-23-47(36-45)68-55-28-13-11-24-49(55)51-37-42(30-33-57(51)68)43-32-35-58-53(38-43)60-48(26-15-29-59(60)69-58)44-31-34-56-52(39-44)50-25-10-12-27-54(50)67(56)46-21-8-3-9-22-46/h1-39H. The number of furan rings is 1. The van der Waals surface area contributed by atoms with E-state index in [1.54, 1.807) is 0 Å². The molecule has 0 atom stereocenters. The number of fused-ring (bicyclic) bond motifs is 9. The van der Waals surface area contributed by atoms with Crippen LogP contribution in [0.2, 0.25) is 0 Å². The maximum Gasteiger partial charge on any atom is 0.164 e. The van der Waals surface area contributed by atoms with Gasteiger partial charge in [-0.15, -0.1) is 0 Å². The first-order chi connectivity index (χ1) is 34.2. The lowest BCUT2D eigenvalue weighted by molar-refractivity contribution is 0.669. The van der Waals surface area contributed by atoms with Crippen molar-refractivity contribution in [2.45, 2.75) is 0 Å². The molecular formula is C63H39N5O. The molecule has 10 aromatic carbocycles. The van der Waals surface area contributed by atoms with Crippen molar-refractivity contribution in [3.8, 4) is 67.8 Å². The third-order valence-electron chi connectivity index (χ3n) is 13.6. The molecule has 69 heavy (non-hydrogen) atoms. The van der Waals surface area contributed by atoms with Gasteiger partial charge in [0.15, 0.2) is 17.5 Å². The van der Waals surface area contributed by atoms with Crippen LogP contribution in [0.15, 0.2) is 241 Å². The Balaban J connectivity index is 0.880. The Morgan fingerprint density at radius 3 is 1.39 bits per heavy atom. The van der Waals surface area contributed by atoms with E-state index in [4.69, 9.17) is 19.4 Å². The van der Waals surface area contributed by atoms with Crippen molar-refractivity contribution in [1.29, 1.82) is 0 Å². The molecule has 0 aliphatic heterocycles. The van der Waals surface area contributed by atoms with Gasteiger partial charge in [0.1, 0.15) is 11.2 Å². The maximum absolute atomic E-state index is 6.59. The molecule has 6 heteroatoms. The highest BCUT2D eigenvalue weighted by atomic mass is 16.3. The van der Waals surface area contributed by atoms with E-state index in [-0.39, 0.29) is 0 Å². The molecule has 14 aromatic rings. The predicted molar refractivity (Wildman–Crippen MR) is 283 cm³/mol. The Bertz CT molecular complexity index is 4240. The first-order valence-corrected chi connectivity index (χ1v) is 23.3. The van der Waals surface area contributed by atoms with Gasteiger partial charge in [-0.3, -0.25) is 0 Å². The fourth-order valence-corrected chi connectivity index (χ4v) is 10.4. The maximum atomic E-state index is 6.59. The molecule has 0 aliphatic carbocycles. The largest absolute Gasteiger partial charge is 0.456 e. The average Bonchev–Trinajstić information content (AvgIpc) is 4.08. The van der Waals surface area contributed by atoms with Crippen LogP contribution in [0.5, 0.6) is 0 Å². The van der Waals surface area contributed by atoms with Crippen LogP contribution in [-0.4, -0.2) is 24.1 Å². The monoisotopic (exact) mass is 881 g/mol. The summed E-state index contributed by atoms with van der Waals surface area (Å²) in [7, 11) is 0. The number of para-hydroxylation sites is 3. The van der Waals surface area contributed by atoms with Gasteiger partial charge in [0, 0.05) is 60.4 Å². The summed E-state index contributed by atoms with van der Waals surface area (Å²) in [6.45, 7) is 0. The molecule has 322 valence electrons. The molecule has 0 saturated heterocycles. The SMILES string of the molecule is c1ccc(-c2nc(-c3ccccc3)nc(-c3cccc(-n4c5ccccc5c5cc(-c6ccc7oc8cccc(-c9ccc%10c(c9)c9ccccc9n%10-c9ccccc9)c8c7c6)ccc54)c3)n2)cc1. The van der Waals surface area contributed by atoms with Crippen molar-refractivity contribution in [3.63, 3.8) is 0 Å². The second kappa shape index (κ2) is 15.6. The molecule has 0 saturated carbocycles. The molecular weight excluding hydrogens is 843 g/mol. The van der Waals surface area contributed by atoms with Gasteiger partial charge in [-0.05, 0) is 101 Å². The number of aromatic nitrogens is 5. The zero-order chi connectivity index (χ0) is 45.4. The highest BCUT2D eigenvalue weighted by molar-refractivity contribution is 6.16. The van der Waals surface area contributed by atoms with Gasteiger partial charge in [-0.1, -0.05) is 158 Å². The zero-order valence-corrected chi connectivity index (χ0v) is 37.2. The van der Waals surface area contributed by atoms with Crippen molar-refractivity contribution < 1.29 is 4.42 Å². The summed E-state index contributed by atoms with van der Waals surface area (Å²) in [5.74, 6) is 1.89. The number of nitrogens with zero attached hydrogens (tertiary/aromatic N) is 5. The third-order valence-corrected chi connectivity index (χ3v) is 13.6. The van der Waals surface area contributed by atoms with E-state index in [0.29, 0.717) is 17.5 Å². The van der Waals surface area contributed by atoms with Crippen molar-refractivity contribution in [1.82, 2.24) is 24.1 Å². The molecule has 0 fully saturated rings. The fraction of sp³-hybridized carbons (Fsp3) is 0. The second-order valence-corrected chi connectivity index (χ2v) is 17.6. The van der Waals surface area contributed by atoms with E-state index in [9.17, 15) is 0 Å². The van der Waals surface area contributed by atoms with E-state index in [0.717, 1.165) is 83.3 Å². The van der Waals surface area contributed by atoms with Crippen LogP contribution in [0.25, 0.3) is 133 Å². The third kappa shape index (κ3) is 6.38. The molecule has 4 heterocycles. The molecule has 0 spiro atoms. The topological polar surface area (TPSA) is 61.7 Å². The first-order valence-electron chi connectivity index (χ1n) is 23.3. The summed E-state index contributed by atoms with van der Waals surface area (Å²) < 4.78 is 11.3. The Kier molecular flexibility index (Phi) is 8.79. The molecule has 6 nitrogen and oxygen atoms in total. The van der Waals surface area contributed by atoms with Gasteiger partial charge in [-0.2, -0.15) is 0 Å². The summed E-state index contributed by atoms with van der Waals surface area (Å²) in [5.41, 5.74) is 15.9. The highest BCUT2D eigenvalue weighted by Gasteiger charge is 2.20. The molecule has 0 aliphatic rings. The highest BCUT2D eigenvalue weighted by Crippen LogP contribution is 2.42. The minimum atomic E-state index is 0.620. The lowest BCUT2D eigenvalue weighted by Crippen LogP contribution is -2.01. The molecule has 0 amide bonds. The second-order valence-electron chi connectivity index (χ2n) is 17.6. The molecule has 14 rings (SSSR count). The van der Waals surface area contributed by atoms with Crippen LogP contribution < -0.4 is 0 Å². The summed E-state index contributed by atoms with van der Waals surface area (Å²) >= 11 is 0. The minimum absolute atomic E-state index is 0.620. The Morgan fingerprint density at radius 2 is 0.739 bits per heavy atom. The van der Waals surface area contributed by atoms with E-state index < -0.39 is 0 Å². The van der Waals surface area contributed by atoms with Crippen molar-refractivity contribution in [2.75, 3.05) is 0 Å². The van der Waals surface area contributed by atoms with Gasteiger partial charge in [0.2, 0.25) is 0 Å². The lowest BCUT2D eigenvalue weighted by Gasteiger charge is -2.12. The van der Waals surface area contributed by atoms with Crippen molar-refractivity contribution >= 4 is 65.6 Å². The van der Waals surface area contributed by atoms with Gasteiger partial charge in [0.25, 0.3) is 0 Å². The Morgan fingerprint density at radius 1 is 0.275 bits per heavy atom. The van der Waals surface area contributed by atoms with Gasteiger partial charge in [0.05, 0.1) is 22.1 Å². The van der Waals surface area contributed by atoms with Crippen molar-refractivity contribution in [2.24, 2.45) is 0 Å². The van der Waals surface area contributed by atoms with Crippen LogP contribution in [0, 0.1) is 0 Å². The van der Waals surface area contributed by atoms with Crippen LogP contribution in [0.3, 0.4) is 0 Å². The number of benzene rings is 10. The summed E-state index contributed by atoms with van der Waals surface area (Å²) in [5, 5.41) is 7.01. The zero-order valence-electron chi connectivity index (χ0n) is 37.2. The molecule has 0 radical (unpaired) electrons. The van der Waals surface area contributed by atoms with Gasteiger partial charge < -0.3 is 13.6 Å². The predicted octanol–water partition coefficient (Wildman–Crippen LogP) is 16.3. The van der Waals surface area contributed by atoms with E-state index in [1.165, 1.54) is 32.6 Å². The molecule has 4 aromatic heterocycles. The van der Waals surface area contributed by atoms with Crippen LogP contribution in [-0.2, 0) is 0 Å². The number of hydrogen-bond donors (Lipinski definition) is 0. The molecule has 0 N–H and O–H groups in total. The van der Waals surface area contributed by atoms with E-state index >= 15 is 0 Å². The average molecular weight is 882 g/mol. The van der Waals surface area contributed by atoms with Gasteiger partial charge in [-0.25, -0.2) is 15.0 Å². The molecule has 0 unspecified atom stereocenters. The minimum Gasteiger partial charge on any atom is -0.456 e. The van der Waals surface area contributed by atoms with Crippen LogP contribution >= 0.6 is 0 Å². The Hall–Kier alpha value is -9.39. The number of hydrogen-bond acceptors (Lipinski definition) is 4. The van der Waals surface area contributed by atoms with Gasteiger partial charge >= 0.3 is 0 Å². The van der Waals surface area contributed by atoms with E-state index in [2.05, 4.69) is 185 Å². The van der Waals surface area contributed by atoms with Crippen molar-refractivity contribution in [3.05, 3.63) is 237 Å². The first kappa shape index (κ1) is 38.8. The summed E-state index contributed by atoms with van der Waals surface area (Å²) in [6.07, 6.45) is 0. The Labute approximate surface area is 396 Å². The normalized spacial score (nSPS) is 11.8. The van der Waals surface area contributed by atoms with Crippen LogP contribution in [0.4, 0.5) is 0 Å². The van der Waals surface area contributed by atoms with E-state index in [1.807, 2.05) is 60.7 Å². The quantitative estimate of drug-likeness (QED) is 0.160. The lowest BCUT2D eigenvalue weighted by atomic mass is 9.96. The summed E-state index contributed by atoms with van der Waals surface area (Å²) in [6, 6.07) is 83.4. The fourth-order valence-electron chi connectivity index (χ4n) is 10.4. The number of rotatable bonds is 7. The van der Waals surface area contributed by atoms with Crippen LogP contribution in [0.1, 0.15) is 0 Å². The summed E-state index contributed by atoms with van der Waals surface area (Å²) in [4.78, 5) is 15.0.